The number of nitrogens with zero attached hydrogens (tertiary/aromatic N) is 1. The van der Waals surface area contributed by atoms with Crippen LogP contribution < -0.4 is 0 Å². The van der Waals surface area contributed by atoms with Crippen molar-refractivity contribution < 1.29 is 27.8 Å². The summed E-state index contributed by atoms with van der Waals surface area (Å²) in [5, 5.41) is 0. The number of carbonyl (C=O) groups excluding carboxylic acids is 1. The summed E-state index contributed by atoms with van der Waals surface area (Å²) in [5.41, 5.74) is 3.19. The molecule has 7 rings (SSSR count). The fraction of sp³-hybridized carbons (Fsp3) is 0.242. The number of likely N-dealkylation sites (tertiary alicyclic amines) is 1. The molecule has 0 aliphatic carbocycles. The number of hydrogen-bond acceptors (Lipinski definition) is 6. The Morgan fingerprint density at radius 2 is 1.12 bits per heavy atom. The number of hydrogen-bond donors (Lipinski definition) is 0. The van der Waals surface area contributed by atoms with E-state index < -0.39 is 24.2 Å². The van der Waals surface area contributed by atoms with Crippen molar-refractivity contribution in [1.82, 2.24) is 4.90 Å². The minimum absolute atomic E-state index is 0.275. The average Bonchev–Trinajstić information content (AvgIpc) is 3.75. The van der Waals surface area contributed by atoms with Crippen molar-refractivity contribution in [2.75, 3.05) is 0 Å². The highest BCUT2D eigenvalue weighted by atomic mass is 16.6. The zero-order valence-electron chi connectivity index (χ0n) is 22.4. The Bertz CT molecular complexity index is 1470. The molecule has 4 aromatic rings. The van der Waals surface area contributed by atoms with Gasteiger partial charge in [-0.2, -0.15) is 0 Å². The van der Waals surface area contributed by atoms with Crippen LogP contribution in [0, 0.1) is 11.8 Å². The maximum atomic E-state index is 13.9. The molecule has 5 heterocycles. The van der Waals surface area contributed by atoms with E-state index in [-0.39, 0.29) is 11.8 Å². The number of amides is 1. The quantitative estimate of drug-likeness (QED) is 0.269. The second kappa shape index (κ2) is 9.23. The van der Waals surface area contributed by atoms with Crippen LogP contribution in [-0.4, -0.2) is 29.1 Å². The fourth-order valence-corrected chi connectivity index (χ4v) is 6.02. The zero-order chi connectivity index (χ0) is 27.4. The third kappa shape index (κ3) is 3.92. The molecule has 0 radical (unpaired) electrons. The normalized spacial score (nSPS) is 23.6. The third-order valence-corrected chi connectivity index (χ3v) is 7.45. The summed E-state index contributed by atoms with van der Waals surface area (Å²) in [6.45, 7) is 5.56. The lowest BCUT2D eigenvalue weighted by molar-refractivity contribution is -0.0637. The molecule has 1 amide bonds. The largest absolute Gasteiger partial charge is 0.465 e. The maximum Gasteiger partial charge on any atom is 0.416 e. The second-order valence-corrected chi connectivity index (χ2v) is 11.1. The van der Waals surface area contributed by atoms with Gasteiger partial charge in [-0.25, -0.2) is 9.69 Å². The van der Waals surface area contributed by atoms with E-state index in [9.17, 15) is 4.79 Å². The number of rotatable bonds is 4. The van der Waals surface area contributed by atoms with Crippen LogP contribution in [0.15, 0.2) is 106 Å². The lowest BCUT2D eigenvalue weighted by atomic mass is 9.78. The van der Waals surface area contributed by atoms with Gasteiger partial charge in [0.1, 0.15) is 5.60 Å². The number of carbonyl (C=O) groups is 1. The number of furan rings is 2. The van der Waals surface area contributed by atoms with Crippen molar-refractivity contribution in [2.45, 2.75) is 38.8 Å². The topological polar surface area (TPSA) is 74.3 Å². The van der Waals surface area contributed by atoms with Crippen LogP contribution in [-0.2, 0) is 14.2 Å². The van der Waals surface area contributed by atoms with Crippen molar-refractivity contribution in [2.24, 2.45) is 11.8 Å². The summed E-state index contributed by atoms with van der Waals surface area (Å²) in [5.74, 6) is 1.87. The predicted molar refractivity (Wildman–Crippen MR) is 149 cm³/mol. The molecule has 2 aromatic heterocycles. The fourth-order valence-electron chi connectivity index (χ4n) is 6.02. The summed E-state index contributed by atoms with van der Waals surface area (Å²) in [4.78, 5) is 15.5. The molecule has 7 nitrogen and oxygen atoms in total. The van der Waals surface area contributed by atoms with E-state index in [0.29, 0.717) is 23.0 Å². The Kier molecular flexibility index (Phi) is 5.63. The molecule has 0 N–H and O–H groups in total. The average molecular weight is 536 g/mol. The van der Waals surface area contributed by atoms with Gasteiger partial charge in [0, 0.05) is 11.1 Å². The molecule has 40 heavy (non-hydrogen) atoms. The molecular formula is C33H29NO6. The molecule has 0 spiro atoms. The summed E-state index contributed by atoms with van der Waals surface area (Å²) in [6.07, 6.45) is 1.41. The Morgan fingerprint density at radius 1 is 0.675 bits per heavy atom. The number of ether oxygens (including phenoxy) is 3. The van der Waals surface area contributed by atoms with E-state index in [1.807, 2.05) is 81.4 Å². The standard InChI is InChI=1S/C33H29NO6/c1-33(2,3)40-32(35)34-30-26(24(20-12-6-4-7-13-20)28(38-30)22-16-10-18-36-22)27-25(21-14-8-5-9-15-21)29(39-31(27)34)23-17-11-19-37-23/h4-19,26-27,30-31H,1-3H3/t26-,27-,30-,31-/m0/s1. The van der Waals surface area contributed by atoms with Gasteiger partial charge in [0.25, 0.3) is 0 Å². The van der Waals surface area contributed by atoms with E-state index in [0.717, 1.165) is 22.3 Å². The van der Waals surface area contributed by atoms with Gasteiger partial charge >= 0.3 is 6.09 Å². The molecule has 202 valence electrons. The van der Waals surface area contributed by atoms with Crippen LogP contribution in [0.1, 0.15) is 43.4 Å². The first-order valence-corrected chi connectivity index (χ1v) is 13.4. The Balaban J connectivity index is 1.46. The van der Waals surface area contributed by atoms with Crippen molar-refractivity contribution in [3.05, 3.63) is 120 Å². The van der Waals surface area contributed by atoms with Gasteiger partial charge in [0.15, 0.2) is 35.5 Å². The first-order valence-electron chi connectivity index (χ1n) is 13.4. The van der Waals surface area contributed by atoms with Crippen LogP contribution >= 0.6 is 0 Å². The molecule has 1 saturated heterocycles. The van der Waals surface area contributed by atoms with Gasteiger partial charge in [-0.05, 0) is 56.2 Å². The molecule has 2 aromatic carbocycles. The SMILES string of the molecule is CC(C)(C)OC(=O)N1[C@H]2OC(c3ccco3)=C(c3ccccc3)[C@H]2[C@@H]2C(c3ccccc3)=C(c3ccco3)O[C@@H]21. The van der Waals surface area contributed by atoms with Crippen LogP contribution in [0.2, 0.25) is 0 Å². The first-order chi connectivity index (χ1) is 19.4. The molecule has 1 fully saturated rings. The highest BCUT2D eigenvalue weighted by molar-refractivity contribution is 5.96. The Morgan fingerprint density at radius 3 is 1.50 bits per heavy atom. The van der Waals surface area contributed by atoms with Crippen molar-refractivity contribution >= 4 is 28.8 Å². The van der Waals surface area contributed by atoms with Crippen LogP contribution in [0.4, 0.5) is 4.79 Å². The molecule has 0 saturated carbocycles. The van der Waals surface area contributed by atoms with Crippen LogP contribution in [0.3, 0.4) is 0 Å². The monoisotopic (exact) mass is 535 g/mol. The highest BCUT2D eigenvalue weighted by Crippen LogP contribution is 2.61. The van der Waals surface area contributed by atoms with E-state index in [1.54, 1.807) is 17.4 Å². The van der Waals surface area contributed by atoms with E-state index in [1.165, 1.54) is 0 Å². The number of fused-ring (bicyclic) bond motifs is 3. The second-order valence-electron chi connectivity index (χ2n) is 11.1. The van der Waals surface area contributed by atoms with E-state index in [2.05, 4.69) is 24.3 Å². The van der Waals surface area contributed by atoms with Gasteiger partial charge in [0.05, 0.1) is 24.4 Å². The van der Waals surface area contributed by atoms with Crippen LogP contribution in [0.25, 0.3) is 22.7 Å². The smallest absolute Gasteiger partial charge is 0.416 e. The van der Waals surface area contributed by atoms with Gasteiger partial charge in [0.2, 0.25) is 0 Å². The Labute approximate surface area is 232 Å². The summed E-state index contributed by atoms with van der Waals surface area (Å²) >= 11 is 0. The summed E-state index contributed by atoms with van der Waals surface area (Å²) in [7, 11) is 0. The van der Waals surface area contributed by atoms with Gasteiger partial charge in [-0.3, -0.25) is 0 Å². The lowest BCUT2D eigenvalue weighted by Crippen LogP contribution is -2.46. The highest BCUT2D eigenvalue weighted by Gasteiger charge is 2.64. The molecule has 3 aliphatic heterocycles. The summed E-state index contributed by atoms with van der Waals surface area (Å²) in [6, 6.07) is 27.6. The minimum atomic E-state index is -0.707. The Hall–Kier alpha value is -4.65. The van der Waals surface area contributed by atoms with Gasteiger partial charge in [-0.15, -0.1) is 0 Å². The van der Waals surface area contributed by atoms with Gasteiger partial charge in [-0.1, -0.05) is 60.7 Å². The van der Waals surface area contributed by atoms with Crippen molar-refractivity contribution in [3.63, 3.8) is 0 Å². The molecule has 0 unspecified atom stereocenters. The molecule has 3 aliphatic rings. The predicted octanol–water partition coefficient (Wildman–Crippen LogP) is 7.51. The molecule has 0 bridgehead atoms. The van der Waals surface area contributed by atoms with Crippen molar-refractivity contribution in [1.29, 1.82) is 0 Å². The lowest BCUT2D eigenvalue weighted by Gasteiger charge is -2.31. The van der Waals surface area contributed by atoms with E-state index >= 15 is 0 Å². The van der Waals surface area contributed by atoms with Gasteiger partial charge < -0.3 is 23.0 Å². The third-order valence-electron chi connectivity index (χ3n) is 7.45. The maximum absolute atomic E-state index is 13.9. The van der Waals surface area contributed by atoms with Crippen LogP contribution in [0.5, 0.6) is 0 Å². The van der Waals surface area contributed by atoms with E-state index in [4.69, 9.17) is 23.0 Å². The number of benzene rings is 2. The minimum Gasteiger partial charge on any atom is -0.465 e. The summed E-state index contributed by atoms with van der Waals surface area (Å²) < 4.78 is 30.9. The molecule has 7 heteroatoms. The molecular weight excluding hydrogens is 506 g/mol. The van der Waals surface area contributed by atoms with Crippen molar-refractivity contribution in [3.8, 4) is 0 Å². The first kappa shape index (κ1) is 24.4. The molecule has 4 atom stereocenters. The zero-order valence-corrected chi connectivity index (χ0v) is 22.4.